The molecule has 0 aromatic heterocycles. The van der Waals surface area contributed by atoms with Crippen molar-refractivity contribution in [1.82, 2.24) is 0 Å². The zero-order valence-corrected chi connectivity index (χ0v) is 11.5. The van der Waals surface area contributed by atoms with Gasteiger partial charge in [-0.15, -0.1) is 0 Å². The summed E-state index contributed by atoms with van der Waals surface area (Å²) in [5, 5.41) is 0. The Bertz CT molecular complexity index is 401. The van der Waals surface area contributed by atoms with Crippen LogP contribution >= 0.6 is 22.6 Å². The summed E-state index contributed by atoms with van der Waals surface area (Å²) in [4.78, 5) is 0. The molecule has 0 saturated heterocycles. The summed E-state index contributed by atoms with van der Waals surface area (Å²) in [5.41, 5.74) is 1.64. The van der Waals surface area contributed by atoms with Crippen LogP contribution in [0.4, 0.5) is 8.78 Å². The molecule has 0 radical (unpaired) electrons. The predicted octanol–water partition coefficient (Wildman–Crippen LogP) is 4.47. The number of hydrogen-bond donors (Lipinski definition) is 0. The molecule has 1 atom stereocenters. The van der Waals surface area contributed by atoms with Gasteiger partial charge < -0.3 is 0 Å². The van der Waals surface area contributed by atoms with Crippen LogP contribution in [-0.4, -0.2) is 0 Å². The normalized spacial score (nSPS) is 19.6. The van der Waals surface area contributed by atoms with Crippen LogP contribution in [0.1, 0.15) is 37.3 Å². The maximum Gasteiger partial charge on any atom is 0.172 e. The zero-order valence-electron chi connectivity index (χ0n) is 9.32. The minimum Gasteiger partial charge on any atom is -0.203 e. The van der Waals surface area contributed by atoms with E-state index >= 15 is 0 Å². The van der Waals surface area contributed by atoms with Gasteiger partial charge in [0.05, 0.1) is 3.57 Å². The smallest absolute Gasteiger partial charge is 0.172 e. The van der Waals surface area contributed by atoms with E-state index < -0.39 is 11.6 Å². The Kier molecular flexibility index (Phi) is 3.82. The molecule has 3 heteroatoms. The topological polar surface area (TPSA) is 0 Å². The molecular weight excluding hydrogens is 321 g/mol. The molecule has 0 saturated carbocycles. The van der Waals surface area contributed by atoms with Crippen molar-refractivity contribution < 1.29 is 8.78 Å². The molecule has 0 heterocycles. The van der Waals surface area contributed by atoms with Crippen molar-refractivity contribution in [2.45, 2.75) is 39.0 Å². The summed E-state index contributed by atoms with van der Waals surface area (Å²) in [6.45, 7) is 2.14. The Morgan fingerprint density at radius 2 is 2.12 bits per heavy atom. The van der Waals surface area contributed by atoms with Crippen LogP contribution in [0.3, 0.4) is 0 Å². The molecule has 1 unspecified atom stereocenters. The summed E-state index contributed by atoms with van der Waals surface area (Å²) >= 11 is 1.86. The molecule has 2 rings (SSSR count). The number of aryl methyl sites for hydroxylation is 1. The first-order valence-electron chi connectivity index (χ1n) is 5.78. The van der Waals surface area contributed by atoms with Crippen LogP contribution in [-0.2, 0) is 12.8 Å². The van der Waals surface area contributed by atoms with Crippen LogP contribution in [0.25, 0.3) is 0 Å². The highest BCUT2D eigenvalue weighted by Gasteiger charge is 2.24. The maximum atomic E-state index is 13.8. The van der Waals surface area contributed by atoms with Crippen LogP contribution in [0.15, 0.2) is 6.07 Å². The zero-order chi connectivity index (χ0) is 11.7. The minimum absolute atomic E-state index is 0.405. The Morgan fingerprint density at radius 3 is 2.81 bits per heavy atom. The van der Waals surface area contributed by atoms with Gasteiger partial charge in [-0.3, -0.25) is 0 Å². The second-order valence-electron chi connectivity index (χ2n) is 4.52. The van der Waals surface area contributed by atoms with E-state index in [0.717, 1.165) is 31.2 Å². The van der Waals surface area contributed by atoms with Gasteiger partial charge in [0.15, 0.2) is 11.6 Å². The first kappa shape index (κ1) is 12.3. The maximum absolute atomic E-state index is 13.8. The highest BCUT2D eigenvalue weighted by Crippen LogP contribution is 2.32. The fraction of sp³-hybridized carbons (Fsp3) is 0.538. The molecule has 0 nitrogen and oxygen atoms in total. The Morgan fingerprint density at radius 1 is 1.38 bits per heavy atom. The molecule has 1 aromatic rings. The summed E-state index contributed by atoms with van der Waals surface area (Å²) < 4.78 is 27.6. The quantitative estimate of drug-likeness (QED) is 0.552. The second-order valence-corrected chi connectivity index (χ2v) is 5.68. The lowest BCUT2D eigenvalue weighted by molar-refractivity contribution is 0.400. The Balaban J connectivity index is 2.34. The average molecular weight is 336 g/mol. The molecule has 1 aliphatic rings. The van der Waals surface area contributed by atoms with Gasteiger partial charge in [0.2, 0.25) is 0 Å². The molecule has 0 aliphatic heterocycles. The van der Waals surface area contributed by atoms with Crippen molar-refractivity contribution in [3.05, 3.63) is 32.4 Å². The van der Waals surface area contributed by atoms with E-state index in [1.54, 1.807) is 6.07 Å². The standard InChI is InChI=1S/C13H15F2I/c1-2-3-8-4-5-9-7-11(16)13(15)12(14)10(9)6-8/h7-8H,2-6H2,1H3. The average Bonchev–Trinajstić information content (AvgIpc) is 2.28. The van der Waals surface area contributed by atoms with Crippen LogP contribution in [0.2, 0.25) is 0 Å². The first-order chi connectivity index (χ1) is 7.63. The predicted molar refractivity (Wildman–Crippen MR) is 69.5 cm³/mol. The monoisotopic (exact) mass is 336 g/mol. The van der Waals surface area contributed by atoms with Crippen molar-refractivity contribution in [1.29, 1.82) is 0 Å². The van der Waals surface area contributed by atoms with Gasteiger partial charge in [0, 0.05) is 0 Å². The van der Waals surface area contributed by atoms with E-state index in [-0.39, 0.29) is 0 Å². The van der Waals surface area contributed by atoms with E-state index in [1.165, 1.54) is 0 Å². The van der Waals surface area contributed by atoms with Crippen molar-refractivity contribution in [3.63, 3.8) is 0 Å². The molecule has 1 aromatic carbocycles. The molecule has 0 amide bonds. The molecule has 0 spiro atoms. The van der Waals surface area contributed by atoms with E-state index in [9.17, 15) is 8.78 Å². The number of fused-ring (bicyclic) bond motifs is 1. The largest absolute Gasteiger partial charge is 0.203 e. The summed E-state index contributed by atoms with van der Waals surface area (Å²) in [5.74, 6) is -0.745. The summed E-state index contributed by atoms with van der Waals surface area (Å²) in [6, 6.07) is 1.80. The van der Waals surface area contributed by atoms with Gasteiger partial charge in [0.1, 0.15) is 0 Å². The number of hydrogen-bond acceptors (Lipinski definition) is 0. The summed E-state index contributed by atoms with van der Waals surface area (Å²) in [6.07, 6.45) is 4.96. The Labute approximate surface area is 109 Å². The van der Waals surface area contributed by atoms with Gasteiger partial charge in [0.25, 0.3) is 0 Å². The molecular formula is C13H15F2I. The van der Waals surface area contributed by atoms with Crippen molar-refractivity contribution in [2.24, 2.45) is 5.92 Å². The molecule has 0 N–H and O–H groups in total. The van der Waals surface area contributed by atoms with Crippen molar-refractivity contribution >= 4 is 22.6 Å². The van der Waals surface area contributed by atoms with E-state index in [2.05, 4.69) is 6.92 Å². The summed E-state index contributed by atoms with van der Waals surface area (Å²) in [7, 11) is 0. The number of rotatable bonds is 2. The van der Waals surface area contributed by atoms with Crippen molar-refractivity contribution in [2.75, 3.05) is 0 Å². The van der Waals surface area contributed by atoms with Gasteiger partial charge in [-0.25, -0.2) is 8.78 Å². The third kappa shape index (κ3) is 2.24. The van der Waals surface area contributed by atoms with E-state index in [1.807, 2.05) is 22.6 Å². The number of halogens is 3. The lowest BCUT2D eigenvalue weighted by Crippen LogP contribution is -2.17. The third-order valence-corrected chi connectivity index (χ3v) is 4.15. The second kappa shape index (κ2) is 4.98. The highest BCUT2D eigenvalue weighted by atomic mass is 127. The number of benzene rings is 1. The highest BCUT2D eigenvalue weighted by molar-refractivity contribution is 14.1. The third-order valence-electron chi connectivity index (χ3n) is 3.37. The fourth-order valence-electron chi connectivity index (χ4n) is 2.53. The van der Waals surface area contributed by atoms with Gasteiger partial charge >= 0.3 is 0 Å². The van der Waals surface area contributed by atoms with Gasteiger partial charge in [-0.05, 0) is 65.0 Å². The van der Waals surface area contributed by atoms with Crippen LogP contribution in [0.5, 0.6) is 0 Å². The first-order valence-corrected chi connectivity index (χ1v) is 6.86. The van der Waals surface area contributed by atoms with Crippen LogP contribution in [0, 0.1) is 21.1 Å². The van der Waals surface area contributed by atoms with E-state index in [4.69, 9.17) is 0 Å². The van der Waals surface area contributed by atoms with Crippen LogP contribution < -0.4 is 0 Å². The minimum atomic E-state index is -0.670. The lowest BCUT2D eigenvalue weighted by atomic mass is 9.81. The molecule has 0 fully saturated rings. The molecule has 16 heavy (non-hydrogen) atoms. The van der Waals surface area contributed by atoms with Gasteiger partial charge in [-0.1, -0.05) is 19.8 Å². The molecule has 0 bridgehead atoms. The fourth-order valence-corrected chi connectivity index (χ4v) is 3.14. The molecule has 88 valence electrons. The SMILES string of the molecule is CCCC1CCc2cc(I)c(F)c(F)c2C1. The van der Waals surface area contributed by atoms with E-state index in [0.29, 0.717) is 21.5 Å². The van der Waals surface area contributed by atoms with Crippen molar-refractivity contribution in [3.8, 4) is 0 Å². The lowest BCUT2D eigenvalue weighted by Gasteiger charge is -2.25. The Hall–Kier alpha value is -0.190. The molecule has 1 aliphatic carbocycles. The van der Waals surface area contributed by atoms with Gasteiger partial charge in [-0.2, -0.15) is 0 Å².